The maximum absolute atomic E-state index is 12.2. The normalized spacial score (nSPS) is 10.7. The summed E-state index contributed by atoms with van der Waals surface area (Å²) in [5.41, 5.74) is 3.55. The molecule has 4 heteroatoms. The Hall–Kier alpha value is -2.62. The Morgan fingerprint density at radius 3 is 2.70 bits per heavy atom. The van der Waals surface area contributed by atoms with Crippen molar-refractivity contribution in [1.29, 1.82) is 0 Å². The topological polar surface area (TPSA) is 57.8 Å². The summed E-state index contributed by atoms with van der Waals surface area (Å²) in [5, 5.41) is 3.26. The second-order valence-corrected chi connectivity index (χ2v) is 4.51. The fraction of sp³-hybridized carbons (Fsp3) is 0.125. The molecule has 2 aromatic carbocycles. The summed E-state index contributed by atoms with van der Waals surface area (Å²) in [6.45, 7) is 2.82. The predicted molar refractivity (Wildman–Crippen MR) is 82.0 cm³/mol. The average molecular weight is 265 g/mol. The third kappa shape index (κ3) is 2.16. The molecule has 0 unspecified atom stereocenters. The van der Waals surface area contributed by atoms with Gasteiger partial charge in [-0.15, -0.1) is 0 Å². The number of hydrogen-bond acceptors (Lipinski definition) is 3. The SMILES string of the molecule is CCNc1ccccc1-c1nc2ccccc2[nH]c1=O. The zero-order valence-corrected chi connectivity index (χ0v) is 11.2. The summed E-state index contributed by atoms with van der Waals surface area (Å²) in [6.07, 6.45) is 0. The lowest BCUT2D eigenvalue weighted by Gasteiger charge is -2.10. The third-order valence-electron chi connectivity index (χ3n) is 3.15. The molecule has 100 valence electrons. The van der Waals surface area contributed by atoms with E-state index in [9.17, 15) is 4.79 Å². The van der Waals surface area contributed by atoms with Crippen LogP contribution in [-0.4, -0.2) is 16.5 Å². The van der Waals surface area contributed by atoms with Crippen molar-refractivity contribution in [2.75, 3.05) is 11.9 Å². The second-order valence-electron chi connectivity index (χ2n) is 4.51. The first-order chi connectivity index (χ1) is 9.79. The van der Waals surface area contributed by atoms with Gasteiger partial charge >= 0.3 is 0 Å². The fourth-order valence-electron chi connectivity index (χ4n) is 2.25. The molecular formula is C16H15N3O. The van der Waals surface area contributed by atoms with Crippen molar-refractivity contribution < 1.29 is 0 Å². The van der Waals surface area contributed by atoms with Crippen LogP contribution in [0.3, 0.4) is 0 Å². The molecule has 0 radical (unpaired) electrons. The van der Waals surface area contributed by atoms with Crippen LogP contribution in [0, 0.1) is 0 Å². The quantitative estimate of drug-likeness (QED) is 0.765. The standard InChI is InChI=1S/C16H15N3O/c1-2-17-12-8-4-3-7-11(12)15-16(20)19-14-10-6-5-9-13(14)18-15/h3-10,17H,2H2,1H3,(H,19,20). The van der Waals surface area contributed by atoms with E-state index in [4.69, 9.17) is 0 Å². The van der Waals surface area contributed by atoms with Gasteiger partial charge in [0.25, 0.3) is 5.56 Å². The molecule has 0 saturated heterocycles. The highest BCUT2D eigenvalue weighted by Crippen LogP contribution is 2.24. The highest BCUT2D eigenvalue weighted by Gasteiger charge is 2.10. The molecule has 0 aliphatic heterocycles. The van der Waals surface area contributed by atoms with Crippen molar-refractivity contribution in [3.8, 4) is 11.3 Å². The van der Waals surface area contributed by atoms with Crippen LogP contribution in [0.1, 0.15) is 6.92 Å². The maximum atomic E-state index is 12.2. The molecule has 0 spiro atoms. The van der Waals surface area contributed by atoms with Gasteiger partial charge in [0.05, 0.1) is 11.0 Å². The molecule has 3 aromatic rings. The van der Waals surface area contributed by atoms with Crippen molar-refractivity contribution in [2.24, 2.45) is 0 Å². The Bertz CT molecular complexity index is 808. The molecule has 0 bridgehead atoms. The lowest BCUT2D eigenvalue weighted by molar-refractivity contribution is 1.19. The first kappa shape index (κ1) is 12.4. The first-order valence-electron chi connectivity index (χ1n) is 6.62. The van der Waals surface area contributed by atoms with E-state index in [0.717, 1.165) is 28.8 Å². The number of fused-ring (bicyclic) bond motifs is 1. The summed E-state index contributed by atoms with van der Waals surface area (Å²) in [4.78, 5) is 19.6. The van der Waals surface area contributed by atoms with E-state index in [1.165, 1.54) is 0 Å². The van der Waals surface area contributed by atoms with Gasteiger partial charge in [-0.3, -0.25) is 4.79 Å². The zero-order valence-electron chi connectivity index (χ0n) is 11.2. The lowest BCUT2D eigenvalue weighted by Crippen LogP contribution is -2.12. The van der Waals surface area contributed by atoms with Gasteiger partial charge in [0, 0.05) is 17.8 Å². The zero-order chi connectivity index (χ0) is 13.9. The van der Waals surface area contributed by atoms with Crippen LogP contribution in [0.25, 0.3) is 22.3 Å². The molecule has 0 saturated carbocycles. The molecule has 20 heavy (non-hydrogen) atoms. The Balaban J connectivity index is 2.24. The molecule has 0 fully saturated rings. The Kier molecular flexibility index (Phi) is 3.21. The molecule has 4 nitrogen and oxygen atoms in total. The minimum Gasteiger partial charge on any atom is -0.385 e. The van der Waals surface area contributed by atoms with E-state index in [2.05, 4.69) is 15.3 Å². The number of anilines is 1. The summed E-state index contributed by atoms with van der Waals surface area (Å²) >= 11 is 0. The van der Waals surface area contributed by atoms with Gasteiger partial charge in [-0.05, 0) is 25.1 Å². The van der Waals surface area contributed by atoms with Gasteiger partial charge in [0.2, 0.25) is 0 Å². The second kappa shape index (κ2) is 5.17. The monoisotopic (exact) mass is 265 g/mol. The molecular weight excluding hydrogens is 250 g/mol. The van der Waals surface area contributed by atoms with E-state index < -0.39 is 0 Å². The molecule has 1 aromatic heterocycles. The van der Waals surface area contributed by atoms with Gasteiger partial charge in [-0.25, -0.2) is 4.98 Å². The number of H-pyrrole nitrogens is 1. The van der Waals surface area contributed by atoms with Gasteiger partial charge in [0.1, 0.15) is 5.69 Å². The summed E-state index contributed by atoms with van der Waals surface area (Å²) in [7, 11) is 0. The number of aromatic amines is 1. The molecule has 0 atom stereocenters. The fourth-order valence-corrected chi connectivity index (χ4v) is 2.25. The van der Waals surface area contributed by atoms with E-state index in [1.807, 2.05) is 55.5 Å². The number of nitrogens with zero attached hydrogens (tertiary/aromatic N) is 1. The van der Waals surface area contributed by atoms with E-state index >= 15 is 0 Å². The summed E-state index contributed by atoms with van der Waals surface area (Å²) in [6, 6.07) is 15.2. The molecule has 1 heterocycles. The number of nitrogens with one attached hydrogen (secondary N) is 2. The number of rotatable bonds is 3. The van der Waals surface area contributed by atoms with Crippen LogP contribution in [0.2, 0.25) is 0 Å². The minimum atomic E-state index is -0.172. The van der Waals surface area contributed by atoms with Gasteiger partial charge < -0.3 is 10.3 Å². The van der Waals surface area contributed by atoms with Crippen LogP contribution < -0.4 is 10.9 Å². The smallest absolute Gasteiger partial charge is 0.275 e. The summed E-state index contributed by atoms with van der Waals surface area (Å²) < 4.78 is 0. The minimum absolute atomic E-state index is 0.172. The molecule has 0 amide bonds. The van der Waals surface area contributed by atoms with E-state index in [-0.39, 0.29) is 5.56 Å². The average Bonchev–Trinajstić information content (AvgIpc) is 2.48. The highest BCUT2D eigenvalue weighted by atomic mass is 16.1. The van der Waals surface area contributed by atoms with Crippen LogP contribution >= 0.6 is 0 Å². The molecule has 0 aliphatic rings. The van der Waals surface area contributed by atoms with E-state index in [0.29, 0.717) is 5.69 Å². The maximum Gasteiger partial charge on any atom is 0.275 e. The van der Waals surface area contributed by atoms with Gasteiger partial charge in [-0.2, -0.15) is 0 Å². The van der Waals surface area contributed by atoms with Gasteiger partial charge in [-0.1, -0.05) is 30.3 Å². The molecule has 2 N–H and O–H groups in total. The van der Waals surface area contributed by atoms with Crippen LogP contribution in [0.4, 0.5) is 5.69 Å². The Morgan fingerprint density at radius 1 is 1.10 bits per heavy atom. The van der Waals surface area contributed by atoms with E-state index in [1.54, 1.807) is 0 Å². The summed E-state index contributed by atoms with van der Waals surface area (Å²) in [5.74, 6) is 0. The Labute approximate surface area is 116 Å². The number of aromatic nitrogens is 2. The number of benzene rings is 2. The lowest BCUT2D eigenvalue weighted by atomic mass is 10.1. The van der Waals surface area contributed by atoms with Crippen molar-refractivity contribution in [2.45, 2.75) is 6.92 Å². The largest absolute Gasteiger partial charge is 0.385 e. The first-order valence-corrected chi connectivity index (χ1v) is 6.62. The highest BCUT2D eigenvalue weighted by molar-refractivity contribution is 5.80. The molecule has 3 rings (SSSR count). The predicted octanol–water partition coefficient (Wildman–Crippen LogP) is 3.02. The molecule has 0 aliphatic carbocycles. The number of para-hydroxylation sites is 3. The number of hydrogen-bond donors (Lipinski definition) is 2. The van der Waals surface area contributed by atoms with Crippen molar-refractivity contribution >= 4 is 16.7 Å². The van der Waals surface area contributed by atoms with Crippen molar-refractivity contribution in [3.05, 3.63) is 58.9 Å². The van der Waals surface area contributed by atoms with Crippen molar-refractivity contribution in [1.82, 2.24) is 9.97 Å². The van der Waals surface area contributed by atoms with Crippen LogP contribution in [-0.2, 0) is 0 Å². The van der Waals surface area contributed by atoms with Crippen LogP contribution in [0.5, 0.6) is 0 Å². The third-order valence-corrected chi connectivity index (χ3v) is 3.15. The Morgan fingerprint density at radius 2 is 1.85 bits per heavy atom. The van der Waals surface area contributed by atoms with Crippen LogP contribution in [0.15, 0.2) is 53.3 Å². The van der Waals surface area contributed by atoms with Gasteiger partial charge in [0.15, 0.2) is 0 Å². The van der Waals surface area contributed by atoms with Crippen molar-refractivity contribution in [3.63, 3.8) is 0 Å².